The van der Waals surface area contributed by atoms with E-state index in [0.717, 1.165) is 11.1 Å². The Labute approximate surface area is 243 Å². The van der Waals surface area contributed by atoms with E-state index in [2.05, 4.69) is 21.3 Å². The smallest absolute Gasteiger partial charge is 0.243 e. The molecule has 41 heavy (non-hydrogen) atoms. The number of primary amides is 1. The van der Waals surface area contributed by atoms with Crippen LogP contribution in [-0.2, 0) is 36.8 Å². The second kappa shape index (κ2) is 16.9. The Hall–Kier alpha value is -4.10. The van der Waals surface area contributed by atoms with Crippen LogP contribution in [0, 0.1) is 0 Å². The van der Waals surface area contributed by atoms with Crippen molar-refractivity contribution in [3.05, 3.63) is 65.7 Å². The maximum atomic E-state index is 13.0. The molecule has 0 unspecified atom stereocenters. The van der Waals surface area contributed by atoms with Gasteiger partial charge in [-0.15, -0.1) is 0 Å². The second-order valence-corrected chi connectivity index (χ2v) is 10.5. The molecule has 2 aromatic rings. The van der Waals surface area contributed by atoms with Crippen molar-refractivity contribution in [3.63, 3.8) is 0 Å². The predicted molar refractivity (Wildman–Crippen MR) is 157 cm³/mol. The van der Waals surface area contributed by atoms with E-state index in [-0.39, 0.29) is 18.6 Å². The third kappa shape index (κ3) is 11.9. The first-order valence-corrected chi connectivity index (χ1v) is 14.4. The number of phenolic OH excluding ortho intramolecular Hbond substituents is 1. The zero-order valence-corrected chi connectivity index (χ0v) is 23.9. The van der Waals surface area contributed by atoms with Gasteiger partial charge in [-0.1, -0.05) is 42.5 Å². The molecule has 9 N–H and O–H groups in total. The van der Waals surface area contributed by atoms with Gasteiger partial charge in [-0.3, -0.25) is 24.0 Å². The fraction of sp³-hybridized carbons (Fsp3) is 0.393. The van der Waals surface area contributed by atoms with E-state index in [1.165, 1.54) is 30.8 Å². The molecule has 4 atom stereocenters. The molecule has 0 aromatic heterocycles. The summed E-state index contributed by atoms with van der Waals surface area (Å²) in [5.41, 5.74) is 12.9. The van der Waals surface area contributed by atoms with Crippen LogP contribution in [0.2, 0.25) is 0 Å². The van der Waals surface area contributed by atoms with Crippen LogP contribution >= 0.6 is 11.8 Å². The molecule has 0 aliphatic heterocycles. The number of carbonyl (C=O) groups excluding carboxylic acids is 5. The van der Waals surface area contributed by atoms with Crippen molar-refractivity contribution in [3.8, 4) is 5.75 Å². The van der Waals surface area contributed by atoms with E-state index < -0.39 is 60.2 Å². The Morgan fingerprint density at radius 2 is 1.46 bits per heavy atom. The molecule has 0 fully saturated rings. The van der Waals surface area contributed by atoms with Gasteiger partial charge in [0.15, 0.2) is 0 Å². The Morgan fingerprint density at radius 3 is 2.07 bits per heavy atom. The number of rotatable bonds is 16. The number of amides is 5. The summed E-state index contributed by atoms with van der Waals surface area (Å²) < 4.78 is 0. The lowest BCUT2D eigenvalue weighted by molar-refractivity contribution is -0.132. The van der Waals surface area contributed by atoms with Crippen LogP contribution in [0.4, 0.5) is 0 Å². The monoisotopic (exact) mass is 586 g/mol. The molecule has 5 amide bonds. The van der Waals surface area contributed by atoms with Gasteiger partial charge in [0.2, 0.25) is 29.5 Å². The normalized spacial score (nSPS) is 13.6. The third-order valence-corrected chi connectivity index (χ3v) is 6.75. The minimum absolute atomic E-state index is 0.0918. The average Bonchev–Trinajstić information content (AvgIpc) is 2.94. The number of phenols is 1. The first-order valence-electron chi connectivity index (χ1n) is 13.0. The molecule has 0 bridgehead atoms. The molecule has 0 aliphatic carbocycles. The van der Waals surface area contributed by atoms with E-state index >= 15 is 0 Å². The fourth-order valence-corrected chi connectivity index (χ4v) is 4.25. The highest BCUT2D eigenvalue weighted by Crippen LogP contribution is 2.11. The van der Waals surface area contributed by atoms with E-state index in [4.69, 9.17) is 11.5 Å². The number of benzene rings is 2. The number of thioether (sulfide) groups is 1. The third-order valence-electron chi connectivity index (χ3n) is 6.11. The minimum atomic E-state index is -1.03. The number of aromatic hydroxyl groups is 1. The van der Waals surface area contributed by atoms with Gasteiger partial charge in [-0.25, -0.2) is 0 Å². The molecule has 0 heterocycles. The van der Waals surface area contributed by atoms with Gasteiger partial charge in [-0.05, 0) is 55.0 Å². The fourth-order valence-electron chi connectivity index (χ4n) is 3.78. The first kappa shape index (κ1) is 33.1. The molecule has 13 heteroatoms. The van der Waals surface area contributed by atoms with Gasteiger partial charge in [0.1, 0.15) is 23.9 Å². The van der Waals surface area contributed by atoms with Gasteiger partial charge in [0.05, 0.1) is 12.6 Å². The summed E-state index contributed by atoms with van der Waals surface area (Å²) in [6, 6.07) is 11.4. The molecule has 222 valence electrons. The van der Waals surface area contributed by atoms with Crippen LogP contribution in [0.5, 0.6) is 5.75 Å². The van der Waals surface area contributed by atoms with Crippen molar-refractivity contribution in [2.75, 3.05) is 18.6 Å². The summed E-state index contributed by atoms with van der Waals surface area (Å²) in [5.74, 6) is -2.39. The van der Waals surface area contributed by atoms with Gasteiger partial charge < -0.3 is 37.8 Å². The van der Waals surface area contributed by atoms with E-state index in [1.807, 2.05) is 12.3 Å². The van der Waals surface area contributed by atoms with Crippen molar-refractivity contribution in [1.82, 2.24) is 21.3 Å². The van der Waals surface area contributed by atoms with Crippen molar-refractivity contribution < 1.29 is 29.1 Å². The molecule has 0 spiro atoms. The Bertz CT molecular complexity index is 1180. The molecule has 0 saturated heterocycles. The van der Waals surface area contributed by atoms with Gasteiger partial charge in [-0.2, -0.15) is 11.8 Å². The zero-order valence-electron chi connectivity index (χ0n) is 23.1. The maximum absolute atomic E-state index is 13.0. The molecular formula is C28H38N6O6S. The van der Waals surface area contributed by atoms with Crippen LogP contribution in [0.3, 0.4) is 0 Å². The van der Waals surface area contributed by atoms with Gasteiger partial charge in [0.25, 0.3) is 0 Å². The number of nitrogens with two attached hydrogens (primary N) is 2. The summed E-state index contributed by atoms with van der Waals surface area (Å²) in [6.07, 6.45) is 2.55. The van der Waals surface area contributed by atoms with Gasteiger partial charge >= 0.3 is 0 Å². The molecule has 2 rings (SSSR count). The highest BCUT2D eigenvalue weighted by atomic mass is 32.2. The Morgan fingerprint density at radius 1 is 0.829 bits per heavy atom. The van der Waals surface area contributed by atoms with Crippen molar-refractivity contribution in [1.29, 1.82) is 0 Å². The van der Waals surface area contributed by atoms with Crippen LogP contribution in [0.1, 0.15) is 24.5 Å². The van der Waals surface area contributed by atoms with Gasteiger partial charge in [0, 0.05) is 6.42 Å². The van der Waals surface area contributed by atoms with Crippen molar-refractivity contribution in [2.24, 2.45) is 11.5 Å². The molecule has 0 saturated carbocycles. The highest BCUT2D eigenvalue weighted by molar-refractivity contribution is 7.98. The summed E-state index contributed by atoms with van der Waals surface area (Å²) in [6.45, 7) is 0.992. The molecular weight excluding hydrogens is 548 g/mol. The van der Waals surface area contributed by atoms with Crippen LogP contribution in [0.25, 0.3) is 0 Å². The Balaban J connectivity index is 1.93. The SMILES string of the molecule is CSCC[C@@H](NC(=O)[C@H](Cc1ccccc1)NC(=O)CNC(=O)[C@@H](C)NC(=O)[C@@H](N)Cc1ccc(O)cc1)C(N)=O. The van der Waals surface area contributed by atoms with Crippen molar-refractivity contribution >= 4 is 41.3 Å². The van der Waals surface area contributed by atoms with Crippen LogP contribution in [-0.4, -0.2) is 77.4 Å². The molecule has 0 radical (unpaired) electrons. The highest BCUT2D eigenvalue weighted by Gasteiger charge is 2.26. The topological polar surface area (TPSA) is 206 Å². The average molecular weight is 587 g/mol. The zero-order chi connectivity index (χ0) is 30.4. The van der Waals surface area contributed by atoms with Crippen LogP contribution < -0.4 is 32.7 Å². The van der Waals surface area contributed by atoms with E-state index in [0.29, 0.717) is 12.2 Å². The maximum Gasteiger partial charge on any atom is 0.243 e. The summed E-state index contributed by atoms with van der Waals surface area (Å²) in [5, 5.41) is 19.5. The summed E-state index contributed by atoms with van der Waals surface area (Å²) in [4.78, 5) is 62.5. The summed E-state index contributed by atoms with van der Waals surface area (Å²) in [7, 11) is 0. The first-order chi connectivity index (χ1) is 19.5. The number of carbonyl (C=O) groups is 5. The summed E-state index contributed by atoms with van der Waals surface area (Å²) >= 11 is 1.50. The van der Waals surface area contributed by atoms with Crippen molar-refractivity contribution in [2.45, 2.75) is 50.4 Å². The number of nitrogens with one attached hydrogen (secondary N) is 4. The molecule has 12 nitrogen and oxygen atoms in total. The lowest BCUT2D eigenvalue weighted by Gasteiger charge is -2.22. The minimum Gasteiger partial charge on any atom is -0.508 e. The second-order valence-electron chi connectivity index (χ2n) is 9.48. The Kier molecular flexibility index (Phi) is 13.6. The molecule has 0 aliphatic rings. The standard InChI is InChI=1S/C28H38N6O6S/c1-17(32-27(39)21(29)14-19-8-10-20(35)11-9-19)26(38)31-16-24(36)33-23(15-18-6-4-3-5-7-18)28(40)34-22(25(30)37)12-13-41-2/h3-11,17,21-23,35H,12-16,29H2,1-2H3,(H2,30,37)(H,31,38)(H,32,39)(H,33,36)(H,34,40)/t17-,21+,22-,23+/m1/s1. The number of hydrogen-bond acceptors (Lipinski definition) is 8. The van der Waals surface area contributed by atoms with Crippen LogP contribution in [0.15, 0.2) is 54.6 Å². The molecule has 2 aromatic carbocycles. The predicted octanol–water partition coefficient (Wildman–Crippen LogP) is -0.666. The quantitative estimate of drug-likeness (QED) is 0.134. The van der Waals surface area contributed by atoms with E-state index in [1.54, 1.807) is 36.4 Å². The number of hydrogen-bond donors (Lipinski definition) is 7. The lowest BCUT2D eigenvalue weighted by atomic mass is 10.0. The largest absolute Gasteiger partial charge is 0.508 e. The van der Waals surface area contributed by atoms with E-state index in [9.17, 15) is 29.1 Å². The lowest BCUT2D eigenvalue weighted by Crippen LogP contribution is -2.56.